The first-order valence-electron chi connectivity index (χ1n) is 4.07. The Morgan fingerprint density at radius 3 is 2.60 bits per heavy atom. The first-order chi connectivity index (χ1) is 6.91. The maximum Gasteiger partial charge on any atom is 0.320 e. The maximum atomic E-state index is 10.5. The third-order valence-electron chi connectivity index (χ3n) is 1.86. The summed E-state index contributed by atoms with van der Waals surface area (Å²) in [6.45, 7) is 0. The minimum atomic E-state index is -1.15. The molecule has 0 saturated heterocycles. The van der Waals surface area contributed by atoms with Crippen LogP contribution in [0.4, 0.5) is 0 Å². The van der Waals surface area contributed by atoms with E-state index in [0.717, 1.165) is 0 Å². The SMILES string of the molecule is NC(Cc1cc(Cl)cc(Cl)c1O)C(=O)O. The Hall–Kier alpha value is -0.970. The molecule has 1 atom stereocenters. The second-order valence-corrected chi connectivity index (χ2v) is 3.89. The summed E-state index contributed by atoms with van der Waals surface area (Å²) in [5.74, 6) is -1.33. The van der Waals surface area contributed by atoms with Crippen LogP contribution in [0.15, 0.2) is 12.1 Å². The highest BCUT2D eigenvalue weighted by Gasteiger charge is 2.16. The van der Waals surface area contributed by atoms with E-state index in [-0.39, 0.29) is 17.2 Å². The monoisotopic (exact) mass is 249 g/mol. The second kappa shape index (κ2) is 4.70. The smallest absolute Gasteiger partial charge is 0.320 e. The van der Waals surface area contributed by atoms with Crippen molar-refractivity contribution < 1.29 is 15.0 Å². The van der Waals surface area contributed by atoms with Crippen LogP contribution in [0, 0.1) is 0 Å². The van der Waals surface area contributed by atoms with Crippen LogP contribution in [0.1, 0.15) is 5.56 Å². The van der Waals surface area contributed by atoms with E-state index in [1.807, 2.05) is 0 Å². The normalized spacial score (nSPS) is 12.5. The number of phenolic OH excluding ortho intramolecular Hbond substituents is 1. The molecule has 6 heteroatoms. The van der Waals surface area contributed by atoms with Gasteiger partial charge in [0, 0.05) is 11.4 Å². The third-order valence-corrected chi connectivity index (χ3v) is 2.37. The van der Waals surface area contributed by atoms with E-state index >= 15 is 0 Å². The molecule has 0 saturated carbocycles. The number of carbonyl (C=O) groups is 1. The Labute approximate surface area is 96.2 Å². The van der Waals surface area contributed by atoms with Gasteiger partial charge < -0.3 is 15.9 Å². The highest BCUT2D eigenvalue weighted by atomic mass is 35.5. The summed E-state index contributed by atoms with van der Waals surface area (Å²) in [5.41, 5.74) is 5.64. The standard InChI is InChI=1S/C9H9Cl2NO3/c10-5-1-4(2-7(12)9(14)15)8(13)6(11)3-5/h1,3,7,13H,2,12H2,(H,14,15). The molecule has 0 heterocycles. The Bertz CT molecular complexity index is 395. The molecule has 0 bridgehead atoms. The molecule has 4 nitrogen and oxygen atoms in total. The Morgan fingerprint density at radius 1 is 1.47 bits per heavy atom. The van der Waals surface area contributed by atoms with E-state index < -0.39 is 12.0 Å². The van der Waals surface area contributed by atoms with Crippen LogP contribution in [0.5, 0.6) is 5.75 Å². The number of rotatable bonds is 3. The first kappa shape index (κ1) is 12.1. The van der Waals surface area contributed by atoms with Crippen LogP contribution in [-0.4, -0.2) is 22.2 Å². The van der Waals surface area contributed by atoms with Gasteiger partial charge in [-0.15, -0.1) is 0 Å². The van der Waals surface area contributed by atoms with Crippen LogP contribution in [-0.2, 0) is 11.2 Å². The van der Waals surface area contributed by atoms with Crippen molar-refractivity contribution in [1.82, 2.24) is 0 Å². The van der Waals surface area contributed by atoms with Gasteiger partial charge >= 0.3 is 5.97 Å². The summed E-state index contributed by atoms with van der Waals surface area (Å²) < 4.78 is 0. The minimum Gasteiger partial charge on any atom is -0.506 e. The molecule has 15 heavy (non-hydrogen) atoms. The molecule has 0 amide bonds. The number of aliphatic carboxylic acids is 1. The number of aromatic hydroxyl groups is 1. The summed E-state index contributed by atoms with van der Waals surface area (Å²) in [6.07, 6.45) is -0.0263. The Balaban J connectivity index is 2.99. The predicted molar refractivity (Wildman–Crippen MR) is 57.4 cm³/mol. The largest absolute Gasteiger partial charge is 0.506 e. The van der Waals surface area contributed by atoms with Crippen molar-refractivity contribution in [2.24, 2.45) is 5.73 Å². The lowest BCUT2D eigenvalue weighted by molar-refractivity contribution is -0.138. The van der Waals surface area contributed by atoms with Crippen molar-refractivity contribution in [1.29, 1.82) is 0 Å². The lowest BCUT2D eigenvalue weighted by atomic mass is 10.1. The lowest BCUT2D eigenvalue weighted by Gasteiger charge is -2.09. The van der Waals surface area contributed by atoms with Gasteiger partial charge in [0.2, 0.25) is 0 Å². The molecule has 4 N–H and O–H groups in total. The van der Waals surface area contributed by atoms with Crippen molar-refractivity contribution in [3.8, 4) is 5.75 Å². The first-order valence-corrected chi connectivity index (χ1v) is 4.82. The van der Waals surface area contributed by atoms with Crippen LogP contribution in [0.3, 0.4) is 0 Å². The van der Waals surface area contributed by atoms with Gasteiger partial charge in [-0.1, -0.05) is 23.2 Å². The fraction of sp³-hybridized carbons (Fsp3) is 0.222. The quantitative estimate of drug-likeness (QED) is 0.761. The number of carboxylic acids is 1. The number of hydrogen-bond donors (Lipinski definition) is 3. The summed E-state index contributed by atoms with van der Waals surface area (Å²) in [6, 6.07) is 1.71. The van der Waals surface area contributed by atoms with Gasteiger partial charge in [0.05, 0.1) is 5.02 Å². The summed E-state index contributed by atoms with van der Waals surface area (Å²) >= 11 is 11.4. The van der Waals surface area contributed by atoms with Gasteiger partial charge in [-0.2, -0.15) is 0 Å². The maximum absolute atomic E-state index is 10.5. The summed E-state index contributed by atoms with van der Waals surface area (Å²) in [5, 5.41) is 18.5. The second-order valence-electron chi connectivity index (χ2n) is 3.04. The highest BCUT2D eigenvalue weighted by Crippen LogP contribution is 2.31. The fourth-order valence-electron chi connectivity index (χ4n) is 1.10. The van der Waals surface area contributed by atoms with Crippen molar-refractivity contribution in [3.05, 3.63) is 27.7 Å². The van der Waals surface area contributed by atoms with Gasteiger partial charge in [-0.25, -0.2) is 0 Å². The topological polar surface area (TPSA) is 83.5 Å². The van der Waals surface area contributed by atoms with E-state index in [1.165, 1.54) is 12.1 Å². The van der Waals surface area contributed by atoms with Crippen molar-refractivity contribution in [2.75, 3.05) is 0 Å². The van der Waals surface area contributed by atoms with Gasteiger partial charge in [0.25, 0.3) is 0 Å². The minimum absolute atomic E-state index is 0.0263. The van der Waals surface area contributed by atoms with Crippen molar-refractivity contribution in [3.63, 3.8) is 0 Å². The molecule has 1 aromatic carbocycles. The molecule has 0 aromatic heterocycles. The van der Waals surface area contributed by atoms with Crippen LogP contribution in [0.25, 0.3) is 0 Å². The van der Waals surface area contributed by atoms with E-state index in [4.69, 9.17) is 34.0 Å². The van der Waals surface area contributed by atoms with E-state index in [2.05, 4.69) is 0 Å². The van der Waals surface area contributed by atoms with Crippen LogP contribution < -0.4 is 5.73 Å². The molecular weight excluding hydrogens is 241 g/mol. The molecule has 0 aliphatic carbocycles. The molecule has 0 spiro atoms. The van der Waals surface area contributed by atoms with Gasteiger partial charge in [0.15, 0.2) is 0 Å². The third kappa shape index (κ3) is 2.99. The molecule has 0 fully saturated rings. The zero-order valence-electron chi connectivity index (χ0n) is 7.58. The zero-order valence-corrected chi connectivity index (χ0v) is 9.09. The molecule has 0 aliphatic rings. The molecule has 82 valence electrons. The fourth-order valence-corrected chi connectivity index (χ4v) is 1.63. The summed E-state index contributed by atoms with van der Waals surface area (Å²) in [4.78, 5) is 10.5. The Morgan fingerprint density at radius 2 is 2.07 bits per heavy atom. The number of nitrogens with two attached hydrogens (primary N) is 1. The number of benzene rings is 1. The average molecular weight is 250 g/mol. The van der Waals surface area contributed by atoms with Crippen molar-refractivity contribution >= 4 is 29.2 Å². The number of halogens is 2. The van der Waals surface area contributed by atoms with E-state index in [1.54, 1.807) is 0 Å². The van der Waals surface area contributed by atoms with Gasteiger partial charge in [0.1, 0.15) is 11.8 Å². The van der Waals surface area contributed by atoms with E-state index in [0.29, 0.717) is 10.6 Å². The molecule has 1 unspecified atom stereocenters. The lowest BCUT2D eigenvalue weighted by Crippen LogP contribution is -2.32. The number of phenols is 1. The Kier molecular flexibility index (Phi) is 3.79. The number of carboxylic acid groups (broad SMARTS) is 1. The predicted octanol–water partition coefficient (Wildman–Crippen LogP) is 1.65. The highest BCUT2D eigenvalue weighted by molar-refractivity contribution is 6.35. The molecule has 1 rings (SSSR count). The molecule has 1 aromatic rings. The van der Waals surface area contributed by atoms with E-state index in [9.17, 15) is 9.90 Å². The molecule has 0 aliphatic heterocycles. The molecule has 0 radical (unpaired) electrons. The van der Waals surface area contributed by atoms with Gasteiger partial charge in [-0.05, 0) is 17.7 Å². The summed E-state index contributed by atoms with van der Waals surface area (Å²) in [7, 11) is 0. The zero-order chi connectivity index (χ0) is 11.6. The average Bonchev–Trinajstić information content (AvgIpc) is 2.13. The van der Waals surface area contributed by atoms with Crippen LogP contribution >= 0.6 is 23.2 Å². The number of hydrogen-bond acceptors (Lipinski definition) is 3. The van der Waals surface area contributed by atoms with Crippen molar-refractivity contribution in [2.45, 2.75) is 12.5 Å². The van der Waals surface area contributed by atoms with Crippen LogP contribution in [0.2, 0.25) is 10.0 Å². The van der Waals surface area contributed by atoms with Gasteiger partial charge in [-0.3, -0.25) is 4.79 Å². The molecular formula is C9H9Cl2NO3.